The number of aromatic nitrogens is 1. The highest BCUT2D eigenvalue weighted by Crippen LogP contribution is 2.37. The van der Waals surface area contributed by atoms with Crippen molar-refractivity contribution in [3.63, 3.8) is 0 Å². The van der Waals surface area contributed by atoms with Crippen LogP contribution in [0.5, 0.6) is 0 Å². The van der Waals surface area contributed by atoms with Crippen LogP contribution in [0.4, 0.5) is 0 Å². The number of nitrogens with one attached hydrogen (secondary N) is 1. The highest BCUT2D eigenvalue weighted by Gasteiger charge is 2.29. The minimum atomic E-state index is 0.486. The van der Waals surface area contributed by atoms with Gasteiger partial charge in [-0.2, -0.15) is 0 Å². The summed E-state index contributed by atoms with van der Waals surface area (Å²) in [6.07, 6.45) is 7.29. The maximum atomic E-state index is 4.31. The van der Waals surface area contributed by atoms with Gasteiger partial charge >= 0.3 is 0 Å². The first-order valence-corrected chi connectivity index (χ1v) is 7.55. The Morgan fingerprint density at radius 2 is 2.00 bits per heavy atom. The van der Waals surface area contributed by atoms with Crippen molar-refractivity contribution in [3.05, 3.63) is 16.6 Å². The quantitative estimate of drug-likeness (QED) is 0.884. The Kier molecular flexibility index (Phi) is 4.21. The molecule has 0 saturated heterocycles. The van der Waals surface area contributed by atoms with E-state index in [9.17, 15) is 0 Å². The fourth-order valence-electron chi connectivity index (χ4n) is 2.74. The third-order valence-electron chi connectivity index (χ3n) is 3.98. The third kappa shape index (κ3) is 3.78. The topological polar surface area (TPSA) is 24.9 Å². The van der Waals surface area contributed by atoms with Crippen LogP contribution in [0.15, 0.2) is 11.6 Å². The van der Waals surface area contributed by atoms with Crippen LogP contribution in [0.1, 0.15) is 51.5 Å². The van der Waals surface area contributed by atoms with Gasteiger partial charge in [0.05, 0.1) is 0 Å². The molecule has 17 heavy (non-hydrogen) atoms. The lowest BCUT2D eigenvalue weighted by Crippen LogP contribution is -2.35. The summed E-state index contributed by atoms with van der Waals surface area (Å²) < 4.78 is 0. The Hall–Kier alpha value is -0.410. The first-order valence-electron chi connectivity index (χ1n) is 6.67. The summed E-state index contributed by atoms with van der Waals surface area (Å²) >= 11 is 1.74. The Labute approximate surface area is 109 Å². The van der Waals surface area contributed by atoms with E-state index in [1.807, 2.05) is 11.6 Å². The molecule has 0 amide bonds. The van der Waals surface area contributed by atoms with Gasteiger partial charge < -0.3 is 5.32 Å². The van der Waals surface area contributed by atoms with Crippen LogP contribution in [0, 0.1) is 11.3 Å². The number of hydrogen-bond donors (Lipinski definition) is 1. The maximum Gasteiger partial charge on any atom is 0.106 e. The lowest BCUT2D eigenvalue weighted by Gasteiger charge is -2.37. The molecular formula is C14H24N2S. The first kappa shape index (κ1) is 13.0. The van der Waals surface area contributed by atoms with E-state index in [4.69, 9.17) is 0 Å². The van der Waals surface area contributed by atoms with Crippen LogP contribution in [0.25, 0.3) is 0 Å². The summed E-state index contributed by atoms with van der Waals surface area (Å²) in [5, 5.41) is 6.90. The molecule has 3 heteroatoms. The molecule has 2 rings (SSSR count). The molecule has 0 radical (unpaired) electrons. The number of hydrogen-bond acceptors (Lipinski definition) is 3. The van der Waals surface area contributed by atoms with Gasteiger partial charge in [-0.3, -0.25) is 0 Å². The molecule has 1 N–H and O–H groups in total. The summed E-state index contributed by atoms with van der Waals surface area (Å²) in [5.41, 5.74) is 0.486. The maximum absolute atomic E-state index is 4.31. The fraction of sp³-hybridized carbons (Fsp3) is 0.786. The Balaban J connectivity index is 1.72. The standard InChI is InChI=1S/C14H24N2S/c1-14(2,3)11-4-6-12(7-5-11)16-10-13-15-8-9-17-13/h8-9,11-12,16H,4-7,10H2,1-3H3. The van der Waals surface area contributed by atoms with E-state index < -0.39 is 0 Å². The van der Waals surface area contributed by atoms with Gasteiger partial charge in [0.15, 0.2) is 0 Å². The van der Waals surface area contributed by atoms with Gasteiger partial charge in [-0.05, 0) is 37.0 Å². The molecule has 0 bridgehead atoms. The minimum Gasteiger partial charge on any atom is -0.308 e. The Morgan fingerprint density at radius 3 is 2.53 bits per heavy atom. The first-order chi connectivity index (χ1) is 8.05. The summed E-state index contributed by atoms with van der Waals surface area (Å²) in [6.45, 7) is 8.07. The lowest BCUT2D eigenvalue weighted by atomic mass is 9.71. The van der Waals surface area contributed by atoms with E-state index in [0.29, 0.717) is 11.5 Å². The van der Waals surface area contributed by atoms with Crippen LogP contribution in [-0.4, -0.2) is 11.0 Å². The van der Waals surface area contributed by atoms with Crippen molar-refractivity contribution < 1.29 is 0 Å². The summed E-state index contributed by atoms with van der Waals surface area (Å²) in [4.78, 5) is 4.31. The monoisotopic (exact) mass is 252 g/mol. The minimum absolute atomic E-state index is 0.486. The SMILES string of the molecule is CC(C)(C)C1CCC(NCc2nccs2)CC1. The Bertz CT molecular complexity index is 318. The van der Waals surface area contributed by atoms with E-state index in [2.05, 4.69) is 31.1 Å². The number of thiazole rings is 1. The van der Waals surface area contributed by atoms with E-state index in [1.54, 1.807) is 11.3 Å². The van der Waals surface area contributed by atoms with Crippen LogP contribution >= 0.6 is 11.3 Å². The van der Waals surface area contributed by atoms with Gasteiger partial charge in [-0.1, -0.05) is 20.8 Å². The fourth-order valence-corrected chi connectivity index (χ4v) is 3.30. The van der Waals surface area contributed by atoms with Crippen LogP contribution in [-0.2, 0) is 6.54 Å². The van der Waals surface area contributed by atoms with Crippen molar-refractivity contribution >= 4 is 11.3 Å². The van der Waals surface area contributed by atoms with Gasteiger partial charge in [0.25, 0.3) is 0 Å². The zero-order valence-electron chi connectivity index (χ0n) is 11.2. The molecule has 1 aliphatic carbocycles. The molecule has 1 saturated carbocycles. The second-order valence-corrected chi connectivity index (χ2v) is 7.20. The van der Waals surface area contributed by atoms with E-state index >= 15 is 0 Å². The molecule has 2 nitrogen and oxygen atoms in total. The molecule has 0 unspecified atom stereocenters. The normalized spacial score (nSPS) is 26.1. The predicted molar refractivity (Wildman–Crippen MR) is 74.2 cm³/mol. The van der Waals surface area contributed by atoms with Crippen molar-refractivity contribution in [2.45, 2.75) is 59.0 Å². The molecule has 0 aromatic carbocycles. The van der Waals surface area contributed by atoms with Crippen molar-refractivity contribution in [1.29, 1.82) is 0 Å². The van der Waals surface area contributed by atoms with Gasteiger partial charge in [0, 0.05) is 24.2 Å². The van der Waals surface area contributed by atoms with E-state index in [-0.39, 0.29) is 0 Å². The molecule has 1 heterocycles. The Morgan fingerprint density at radius 1 is 1.29 bits per heavy atom. The highest BCUT2D eigenvalue weighted by atomic mass is 32.1. The molecular weight excluding hydrogens is 228 g/mol. The average molecular weight is 252 g/mol. The zero-order chi connectivity index (χ0) is 12.3. The van der Waals surface area contributed by atoms with Crippen molar-refractivity contribution in [3.8, 4) is 0 Å². The molecule has 1 aliphatic rings. The summed E-state index contributed by atoms with van der Waals surface area (Å²) in [7, 11) is 0. The largest absolute Gasteiger partial charge is 0.308 e. The smallest absolute Gasteiger partial charge is 0.106 e. The summed E-state index contributed by atoms with van der Waals surface area (Å²) in [5.74, 6) is 0.903. The zero-order valence-corrected chi connectivity index (χ0v) is 12.0. The van der Waals surface area contributed by atoms with Gasteiger partial charge in [0.1, 0.15) is 5.01 Å². The van der Waals surface area contributed by atoms with Crippen LogP contribution in [0.3, 0.4) is 0 Å². The highest BCUT2D eigenvalue weighted by molar-refractivity contribution is 7.09. The van der Waals surface area contributed by atoms with Crippen molar-refractivity contribution in [2.24, 2.45) is 11.3 Å². The molecule has 1 fully saturated rings. The van der Waals surface area contributed by atoms with Gasteiger partial charge in [-0.15, -0.1) is 11.3 Å². The number of rotatable bonds is 3. The molecule has 0 aliphatic heterocycles. The van der Waals surface area contributed by atoms with E-state index in [1.165, 1.54) is 30.7 Å². The average Bonchev–Trinajstić information content (AvgIpc) is 2.78. The van der Waals surface area contributed by atoms with Crippen molar-refractivity contribution in [2.75, 3.05) is 0 Å². The van der Waals surface area contributed by atoms with E-state index in [0.717, 1.165) is 12.5 Å². The van der Waals surface area contributed by atoms with Crippen LogP contribution < -0.4 is 5.32 Å². The molecule has 1 aromatic rings. The van der Waals surface area contributed by atoms with Gasteiger partial charge in [0.2, 0.25) is 0 Å². The third-order valence-corrected chi connectivity index (χ3v) is 4.76. The molecule has 0 atom stereocenters. The molecule has 96 valence electrons. The lowest BCUT2D eigenvalue weighted by molar-refractivity contribution is 0.160. The van der Waals surface area contributed by atoms with Crippen LogP contribution in [0.2, 0.25) is 0 Å². The van der Waals surface area contributed by atoms with Gasteiger partial charge in [-0.25, -0.2) is 4.98 Å². The second kappa shape index (κ2) is 5.49. The predicted octanol–water partition coefficient (Wildman–Crippen LogP) is 3.84. The number of nitrogens with zero attached hydrogens (tertiary/aromatic N) is 1. The van der Waals surface area contributed by atoms with Crippen molar-refractivity contribution in [1.82, 2.24) is 10.3 Å². The molecule has 0 spiro atoms. The second-order valence-electron chi connectivity index (χ2n) is 6.22. The summed E-state index contributed by atoms with van der Waals surface area (Å²) in [6, 6.07) is 0.706. The molecule has 1 aromatic heterocycles.